The molecule has 18 heteroatoms. The summed E-state index contributed by atoms with van der Waals surface area (Å²) in [6.07, 6.45) is 14.5. The number of β-lactam (4-membered cyclic amide) rings is 1. The average molecular weight is 763 g/mol. The van der Waals surface area contributed by atoms with Gasteiger partial charge in [0.2, 0.25) is 5.60 Å². The van der Waals surface area contributed by atoms with E-state index >= 15 is 0 Å². The number of amides is 2. The van der Waals surface area contributed by atoms with E-state index in [1.54, 1.807) is 25.2 Å². The Hall–Kier alpha value is -4.55. The molecule has 16 nitrogen and oxygen atoms in total. The number of allylic oxidation sites excluding steroid dienone is 5. The number of carbonyl (C=O) groups is 4. The van der Waals surface area contributed by atoms with Crippen molar-refractivity contribution in [2.75, 3.05) is 25.4 Å². The molecule has 2 heterocycles. The molecule has 2 atom stereocenters. The molecule has 2 aliphatic rings. The summed E-state index contributed by atoms with van der Waals surface area (Å²) in [5.74, 6) is -3.86. The number of thioether (sulfide) groups is 1. The molecule has 0 saturated carbocycles. The third kappa shape index (κ3) is 12.6. The minimum atomic E-state index is -1.78. The SMILES string of the molecule is CCC/C=C/[N+](=C/C(NCCN)=C(\C)N)C/C=C/C1=C(C(=O)O)N2C(=O)[C@@H](NC(=O)/C(=N\OC(C)(C)C(=O)O)C(C)=NS/C(N)=C/CCC)C2SC1. The molecule has 0 aromatic rings. The smallest absolute Gasteiger partial charge is 0.352 e. The number of carboxylic acids is 2. The van der Waals surface area contributed by atoms with Crippen LogP contribution in [-0.4, -0.2) is 103 Å². The van der Waals surface area contributed by atoms with Crippen LogP contribution >= 0.6 is 23.7 Å². The molecule has 0 bridgehead atoms. The number of hydrogen-bond donors (Lipinski definition) is 7. The van der Waals surface area contributed by atoms with E-state index in [9.17, 15) is 29.4 Å². The van der Waals surface area contributed by atoms with Gasteiger partial charge in [-0.1, -0.05) is 44.0 Å². The normalized spacial score (nSPS) is 19.4. The predicted molar refractivity (Wildman–Crippen MR) is 206 cm³/mol. The fraction of sp³-hybridized carbons (Fsp3) is 0.500. The van der Waals surface area contributed by atoms with Gasteiger partial charge in [0.1, 0.15) is 22.8 Å². The molecule has 2 rings (SSSR count). The molecule has 1 fully saturated rings. The highest BCUT2D eigenvalue weighted by Crippen LogP contribution is 2.40. The molecular weight excluding hydrogens is 711 g/mol. The second-order valence-corrected chi connectivity index (χ2v) is 14.2. The summed E-state index contributed by atoms with van der Waals surface area (Å²) in [4.78, 5) is 57.4. The largest absolute Gasteiger partial charge is 0.478 e. The van der Waals surface area contributed by atoms with Crippen molar-refractivity contribution in [3.63, 3.8) is 0 Å². The Morgan fingerprint density at radius 2 is 1.85 bits per heavy atom. The molecule has 286 valence electrons. The maximum atomic E-state index is 13.5. The standard InChI is InChI=1S/C34H51N9O7S2/c1-7-9-11-17-42(19-24(21(3)36)38-16-15-35)18-12-13-23-20-51-31-27(30(45)43(31)28(23)32(46)47)39-29(44)26(40-50-34(5,6)33(48)49)22(4)41-52-25(37)14-10-8-2/h11-14,17,19,27,31,36,38H,7-10,15-16,18,20,35,37H2,1-6H3,(H3,39,44,46,47,48,49)/p+1/b13-12+,17-11+,25-14+,40-26-,41-22?/t27-,31?/m1/s1. The summed E-state index contributed by atoms with van der Waals surface area (Å²) in [6.45, 7) is 11.1. The van der Waals surface area contributed by atoms with Crippen LogP contribution in [0.25, 0.3) is 0 Å². The van der Waals surface area contributed by atoms with Crippen molar-refractivity contribution in [1.29, 1.82) is 0 Å². The Morgan fingerprint density at radius 3 is 2.44 bits per heavy atom. The number of unbranched alkanes of at least 4 members (excludes halogenated alkanes) is 2. The lowest BCUT2D eigenvalue weighted by molar-refractivity contribution is -0.440. The quantitative estimate of drug-likeness (QED) is 0.0292. The summed E-state index contributed by atoms with van der Waals surface area (Å²) in [6, 6.07) is -1.09. The molecule has 0 aromatic heterocycles. The van der Waals surface area contributed by atoms with Crippen molar-refractivity contribution in [2.24, 2.45) is 26.8 Å². The van der Waals surface area contributed by atoms with Crippen molar-refractivity contribution in [1.82, 2.24) is 15.5 Å². The summed E-state index contributed by atoms with van der Waals surface area (Å²) in [7, 11) is 0. The lowest BCUT2D eigenvalue weighted by atomic mass is 10.0. The number of carbonyl (C=O) groups excluding carboxylic acids is 2. The molecule has 0 radical (unpaired) electrons. The van der Waals surface area contributed by atoms with Crippen LogP contribution in [0.4, 0.5) is 0 Å². The van der Waals surface area contributed by atoms with Crippen molar-refractivity contribution in [3.8, 4) is 0 Å². The summed E-state index contributed by atoms with van der Waals surface area (Å²) < 4.78 is 6.14. The second kappa shape index (κ2) is 21.1. The fourth-order valence-electron chi connectivity index (χ4n) is 4.45. The molecule has 2 amide bonds. The van der Waals surface area contributed by atoms with E-state index < -0.39 is 40.8 Å². The number of oxime groups is 1. The van der Waals surface area contributed by atoms with E-state index in [0.29, 0.717) is 41.6 Å². The van der Waals surface area contributed by atoms with Gasteiger partial charge in [-0.15, -0.1) is 11.8 Å². The van der Waals surface area contributed by atoms with E-state index in [4.69, 9.17) is 22.0 Å². The van der Waals surface area contributed by atoms with E-state index in [2.05, 4.69) is 27.1 Å². The van der Waals surface area contributed by atoms with Gasteiger partial charge < -0.3 is 42.9 Å². The second-order valence-electron chi connectivity index (χ2n) is 12.3. The van der Waals surface area contributed by atoms with Gasteiger partial charge in [0.05, 0.1) is 10.7 Å². The molecule has 10 N–H and O–H groups in total. The number of rotatable bonds is 21. The highest BCUT2D eigenvalue weighted by atomic mass is 32.2. The number of nitrogens with one attached hydrogen (secondary N) is 2. The Bertz CT molecular complexity index is 1590. The van der Waals surface area contributed by atoms with Crippen molar-refractivity contribution in [2.45, 2.75) is 84.2 Å². The van der Waals surface area contributed by atoms with Crippen LogP contribution in [0.1, 0.15) is 67.2 Å². The minimum Gasteiger partial charge on any atom is -0.478 e. The third-order valence-electron chi connectivity index (χ3n) is 7.41. The van der Waals surface area contributed by atoms with Gasteiger partial charge >= 0.3 is 11.9 Å². The van der Waals surface area contributed by atoms with E-state index in [1.807, 2.05) is 30.0 Å². The molecule has 2 aliphatic heterocycles. The maximum absolute atomic E-state index is 13.5. The van der Waals surface area contributed by atoms with Gasteiger partial charge in [-0.2, -0.15) is 4.58 Å². The fourth-order valence-corrected chi connectivity index (χ4v) is 6.29. The third-order valence-corrected chi connectivity index (χ3v) is 9.46. The van der Waals surface area contributed by atoms with Gasteiger partial charge in [-0.05, 0) is 58.3 Å². The number of fused-ring (bicyclic) bond motifs is 1. The Morgan fingerprint density at radius 1 is 1.15 bits per heavy atom. The Labute approximate surface area is 313 Å². The predicted octanol–water partition coefficient (Wildman–Crippen LogP) is 2.36. The van der Waals surface area contributed by atoms with Crippen LogP contribution in [0.3, 0.4) is 0 Å². The average Bonchev–Trinajstić information content (AvgIpc) is 3.09. The maximum Gasteiger partial charge on any atom is 0.352 e. The van der Waals surface area contributed by atoms with Crippen molar-refractivity contribution < 1.29 is 38.8 Å². The van der Waals surface area contributed by atoms with Crippen LogP contribution < -0.4 is 27.8 Å². The summed E-state index contributed by atoms with van der Waals surface area (Å²) in [5.41, 5.74) is 17.1. The van der Waals surface area contributed by atoms with Gasteiger partial charge in [-0.3, -0.25) is 14.5 Å². The topological polar surface area (TPSA) is 251 Å². The first kappa shape index (κ1) is 43.6. The molecule has 1 saturated heterocycles. The van der Waals surface area contributed by atoms with Crippen molar-refractivity contribution >= 4 is 65.1 Å². The first-order chi connectivity index (χ1) is 24.6. The van der Waals surface area contributed by atoms with Gasteiger partial charge in [0.25, 0.3) is 11.8 Å². The van der Waals surface area contributed by atoms with E-state index in [1.165, 1.54) is 32.5 Å². The zero-order valence-corrected chi connectivity index (χ0v) is 32.2. The highest BCUT2D eigenvalue weighted by molar-refractivity contribution is 8.02. The number of aliphatic carboxylic acids is 2. The molecule has 0 spiro atoms. The van der Waals surface area contributed by atoms with Gasteiger partial charge in [0, 0.05) is 36.5 Å². The minimum absolute atomic E-state index is 0.0604. The van der Waals surface area contributed by atoms with Crippen LogP contribution in [0.2, 0.25) is 0 Å². The van der Waals surface area contributed by atoms with Crippen LogP contribution in [-0.2, 0) is 24.0 Å². The highest BCUT2D eigenvalue weighted by Gasteiger charge is 2.54. The molecule has 0 aromatic carbocycles. The number of hydrogen-bond acceptors (Lipinski definition) is 13. The van der Waals surface area contributed by atoms with Crippen molar-refractivity contribution in [3.05, 3.63) is 58.2 Å². The zero-order valence-electron chi connectivity index (χ0n) is 30.5. The number of nitrogens with two attached hydrogens (primary N) is 3. The van der Waals surface area contributed by atoms with Crippen LogP contribution in [0.5, 0.6) is 0 Å². The number of carboxylic acid groups (broad SMARTS) is 2. The molecule has 1 unspecified atom stereocenters. The molecule has 52 heavy (non-hydrogen) atoms. The first-order valence-corrected chi connectivity index (χ1v) is 18.6. The summed E-state index contributed by atoms with van der Waals surface area (Å²) >= 11 is 2.19. The number of nitrogens with zero attached hydrogens (tertiary/aromatic N) is 4. The molecular formula is C34H52N9O7S2+. The Kier molecular flexibility index (Phi) is 17.7. The lowest BCUT2D eigenvalue weighted by Gasteiger charge is -2.49. The molecule has 0 aliphatic carbocycles. The van der Waals surface area contributed by atoms with Gasteiger partial charge in [0.15, 0.2) is 24.7 Å². The summed E-state index contributed by atoms with van der Waals surface area (Å²) in [5, 5.41) is 28.9. The zero-order chi connectivity index (χ0) is 39.0. The van der Waals surface area contributed by atoms with Crippen LogP contribution in [0, 0.1) is 0 Å². The Balaban J connectivity index is 2.35. The van der Waals surface area contributed by atoms with E-state index in [-0.39, 0.29) is 22.9 Å². The first-order valence-electron chi connectivity index (χ1n) is 16.8. The van der Waals surface area contributed by atoms with Crippen LogP contribution in [0.15, 0.2) is 67.8 Å². The van der Waals surface area contributed by atoms with Gasteiger partial charge in [-0.25, -0.2) is 14.0 Å². The monoisotopic (exact) mass is 762 g/mol. The lowest BCUT2D eigenvalue weighted by Crippen LogP contribution is -2.71. The van der Waals surface area contributed by atoms with E-state index in [0.717, 1.165) is 42.5 Å².